The van der Waals surface area contributed by atoms with E-state index in [1.807, 2.05) is 13.8 Å². The average Bonchev–Trinajstić information content (AvgIpc) is 0.828. The maximum absolute atomic E-state index is 14.5. The summed E-state index contributed by atoms with van der Waals surface area (Å²) < 4.78 is 58.9. The fourth-order valence-electron chi connectivity index (χ4n) is 13.5. The number of phosphoric acid groups is 1. The Morgan fingerprint density at radius 1 is 0.417 bits per heavy atom. The Hall–Kier alpha value is -4.78. The Morgan fingerprint density at radius 3 is 1.27 bits per heavy atom. The summed E-state index contributed by atoms with van der Waals surface area (Å²) in [6.07, 6.45) is 5.04. The zero-order valence-electron chi connectivity index (χ0n) is 72.8. The molecular formula is C82H155N8O29P. The van der Waals surface area contributed by atoms with Crippen molar-refractivity contribution in [3.8, 4) is 0 Å². The van der Waals surface area contributed by atoms with Crippen LogP contribution in [0.2, 0.25) is 0 Å². The first-order valence-electron chi connectivity index (χ1n) is 43.9. The molecular weight excluding hydrogens is 1590 g/mol. The number of rotatable bonds is 69. The van der Waals surface area contributed by atoms with Crippen molar-refractivity contribution in [1.29, 1.82) is 0 Å². The maximum Gasteiger partial charge on any atom is 0.471 e. The number of hydrogen-bond donors (Lipinski definition) is 17. The van der Waals surface area contributed by atoms with Crippen LogP contribution in [0.15, 0.2) is 0 Å². The molecule has 3 aliphatic rings. The Bertz CT molecular complexity index is 2790. The fraction of sp³-hybridized carbons (Fsp3) is 0.890. The van der Waals surface area contributed by atoms with Crippen LogP contribution >= 0.6 is 7.82 Å². The summed E-state index contributed by atoms with van der Waals surface area (Å²) in [6.45, 7) is 9.99. The second-order valence-electron chi connectivity index (χ2n) is 30.8. The van der Waals surface area contributed by atoms with Crippen molar-refractivity contribution in [2.45, 2.75) is 339 Å². The van der Waals surface area contributed by atoms with E-state index in [4.69, 9.17) is 43.8 Å². The topological polar surface area (TPSA) is 558 Å². The van der Waals surface area contributed by atoms with Crippen LogP contribution in [0, 0.1) is 11.8 Å². The number of amides is 6. The molecule has 3 aliphatic heterocycles. The lowest BCUT2D eigenvalue weighted by Gasteiger charge is -2.42. The van der Waals surface area contributed by atoms with Crippen molar-refractivity contribution in [1.82, 2.24) is 36.8 Å². The minimum absolute atomic E-state index is 0.00467. The summed E-state index contributed by atoms with van der Waals surface area (Å²) in [4.78, 5) is 128. The number of aliphatic hydroxyl groups excluding tert-OH is 9. The predicted molar refractivity (Wildman–Crippen MR) is 445 cm³/mol. The largest absolute Gasteiger partial charge is 0.471 e. The van der Waals surface area contributed by atoms with Crippen LogP contribution in [-0.2, 0) is 89.9 Å². The molecule has 17 atom stereocenters. The highest BCUT2D eigenvalue weighted by Crippen LogP contribution is 2.42. The van der Waals surface area contributed by atoms with Gasteiger partial charge in [-0.1, -0.05) is 79.1 Å². The van der Waals surface area contributed by atoms with Crippen LogP contribution in [0.5, 0.6) is 0 Å². The predicted octanol–water partition coefficient (Wildman–Crippen LogP) is 2.73. The summed E-state index contributed by atoms with van der Waals surface area (Å²) in [5.41, 5.74) is 5.30. The SMILES string of the molecule is CC.COCCCCCCCC(=O)CCCC(=O)NCCCCC(C(=O)CCCCNC(=O)CCCCCO[C@@H]1OC(CO)[C@H](O)C(O)[C@@H]1C)N(CC(=O)CCCNC(=O)CCCCCO[C@@H]1OC(CO)[C@H](O)C(O)[C@@H]1NC(C)=O)CC(=O)NCCCNC(=O)CCCCCO[C@@H]1OC(CO)[C@H](O)[C@H](O)C1C.COP(=O)(O)OCCCCCCN. The smallest absolute Gasteiger partial charge is 0.394 e. The summed E-state index contributed by atoms with van der Waals surface area (Å²) in [5.74, 6) is -3.18. The van der Waals surface area contributed by atoms with Crippen molar-refractivity contribution in [3.05, 3.63) is 0 Å². The van der Waals surface area contributed by atoms with E-state index >= 15 is 0 Å². The fourth-order valence-corrected chi connectivity index (χ4v) is 14.0. The number of ether oxygens (including phenoxy) is 7. The number of carbonyl (C=O) groups excluding carboxylic acids is 9. The molecule has 3 saturated heterocycles. The van der Waals surface area contributed by atoms with Gasteiger partial charge in [-0.05, 0) is 122 Å². The van der Waals surface area contributed by atoms with E-state index in [0.29, 0.717) is 122 Å². The Labute approximate surface area is 711 Å². The van der Waals surface area contributed by atoms with Crippen molar-refractivity contribution < 1.29 is 141 Å². The highest BCUT2D eigenvalue weighted by atomic mass is 31.2. The van der Waals surface area contributed by atoms with Gasteiger partial charge in [0.15, 0.2) is 18.9 Å². The van der Waals surface area contributed by atoms with Crippen LogP contribution < -0.4 is 37.6 Å². The van der Waals surface area contributed by atoms with E-state index in [2.05, 4.69) is 40.9 Å². The number of ketones is 3. The number of nitrogens with zero attached hydrogens (tertiary/aromatic N) is 1. The van der Waals surface area contributed by atoms with Gasteiger partial charge in [0.1, 0.15) is 66.1 Å². The lowest BCUT2D eigenvalue weighted by molar-refractivity contribution is -0.282. The van der Waals surface area contributed by atoms with Gasteiger partial charge in [-0.25, -0.2) is 4.57 Å². The molecule has 37 nitrogen and oxygen atoms in total. The van der Waals surface area contributed by atoms with Crippen molar-refractivity contribution in [3.63, 3.8) is 0 Å². The molecule has 0 aromatic carbocycles. The van der Waals surface area contributed by atoms with Gasteiger partial charge >= 0.3 is 7.82 Å². The van der Waals surface area contributed by atoms with Gasteiger partial charge in [-0.2, -0.15) is 0 Å². The van der Waals surface area contributed by atoms with Gasteiger partial charge in [-0.15, -0.1) is 0 Å². The molecule has 0 saturated carbocycles. The number of carbonyl (C=O) groups is 9. The number of phosphoric ester groups is 1. The number of nitrogens with one attached hydrogen (secondary N) is 6. The molecule has 6 amide bonds. The molecule has 38 heteroatoms. The molecule has 0 radical (unpaired) electrons. The van der Waals surface area contributed by atoms with Crippen LogP contribution in [0.4, 0.5) is 0 Å². The molecule has 0 aliphatic carbocycles. The zero-order chi connectivity index (χ0) is 89.5. The molecule has 3 heterocycles. The van der Waals surface area contributed by atoms with Gasteiger partial charge < -0.3 is 122 Å². The Balaban J connectivity index is 0.00000435. The Kier molecular flexibility index (Phi) is 66.4. The quantitative estimate of drug-likeness (QED) is 0.0307. The molecule has 3 rings (SSSR count). The molecule has 0 bridgehead atoms. The molecule has 0 spiro atoms. The minimum Gasteiger partial charge on any atom is -0.394 e. The minimum atomic E-state index is -3.75. The standard InChI is InChI=1S/C73H131N7O25.C7H18NO4P.C2H6/c1-49-65(93)67(95)56(46-81)103-71(49)100-41-20-8-12-31-59(88)74-36-18-16-30-55(87)54(29-15-17-35-75-62(91)34-23-27-52(85)26-11-6-5-7-19-40-99-4)80(45-63(92)78-39-25-38-77-61(90)33-13-9-21-42-101-72-50(2)66(94)68(96)57(47-82)104-72)44-53(86)28-24-37-76-60(89)32-14-10-22-43-102-73-64(79-51(3)84)70(98)69(97)58(48-83)105-73;1-11-13(9,10)12-7-5-3-2-4-6-8;1-2/h49-50,54,56-58,64-73,81-83,93-98H,5-48H2,1-4H3,(H,74,88)(H,75,91)(H,76,89)(H,77,90)(H,78,92)(H,79,84);2-8H2,1H3,(H,9,10);1-2H3/t49-,50?,54?,56?,57?,58?,64-,65?,66+,67-,68-,69-,70?,71+,72+,73+;;/m0../s1. The van der Waals surface area contributed by atoms with E-state index in [9.17, 15) is 93.7 Å². The number of methoxy groups -OCH3 is 1. The number of nitrogens with two attached hydrogens (primary N) is 1. The van der Waals surface area contributed by atoms with Crippen molar-refractivity contribution in [2.24, 2.45) is 17.6 Å². The number of unbranched alkanes of at least 4 members (excludes halogenated alkanes) is 15. The highest BCUT2D eigenvalue weighted by molar-refractivity contribution is 7.47. The van der Waals surface area contributed by atoms with Crippen LogP contribution in [0.3, 0.4) is 0 Å². The van der Waals surface area contributed by atoms with Gasteiger partial charge in [0.05, 0.1) is 57.8 Å². The normalized spacial score (nSPS) is 23.5. The first kappa shape index (κ1) is 113. The lowest BCUT2D eigenvalue weighted by Crippen LogP contribution is -2.64. The average molecular weight is 1750 g/mol. The van der Waals surface area contributed by atoms with Crippen molar-refractivity contribution in [2.75, 3.05) is 119 Å². The number of hydrogen-bond acceptors (Lipinski definition) is 30. The van der Waals surface area contributed by atoms with E-state index in [0.717, 1.165) is 71.5 Å². The third-order valence-corrected chi connectivity index (χ3v) is 21.7. The van der Waals surface area contributed by atoms with Gasteiger partial charge in [-0.3, -0.25) is 57.1 Å². The third-order valence-electron chi connectivity index (χ3n) is 20.8. The first-order chi connectivity index (χ1) is 57.6. The van der Waals surface area contributed by atoms with Crippen LogP contribution in [0.1, 0.15) is 253 Å². The maximum atomic E-state index is 14.5. The van der Waals surface area contributed by atoms with E-state index < -0.39 is 137 Å². The zero-order valence-corrected chi connectivity index (χ0v) is 73.7. The molecule has 120 heavy (non-hydrogen) atoms. The van der Waals surface area contributed by atoms with E-state index in [1.165, 1.54) is 6.92 Å². The summed E-state index contributed by atoms with van der Waals surface area (Å²) in [7, 11) is -0.931. The molecule has 0 aromatic rings. The first-order valence-corrected chi connectivity index (χ1v) is 45.4. The highest BCUT2D eigenvalue weighted by Gasteiger charge is 2.46. The molecule has 3 fully saturated rings. The van der Waals surface area contributed by atoms with E-state index in [1.54, 1.807) is 25.9 Å². The second kappa shape index (κ2) is 70.4. The molecule has 8 unspecified atom stereocenters. The monoisotopic (exact) mass is 1750 g/mol. The summed E-state index contributed by atoms with van der Waals surface area (Å²) >= 11 is 0. The van der Waals surface area contributed by atoms with Gasteiger partial charge in [0, 0.05) is 143 Å². The summed E-state index contributed by atoms with van der Waals surface area (Å²) in [6, 6.07) is -1.98. The van der Waals surface area contributed by atoms with Crippen LogP contribution in [-0.4, -0.2) is 314 Å². The second-order valence-corrected chi connectivity index (χ2v) is 32.3. The van der Waals surface area contributed by atoms with Gasteiger partial charge in [0.2, 0.25) is 35.4 Å². The van der Waals surface area contributed by atoms with Gasteiger partial charge in [0.25, 0.3) is 0 Å². The summed E-state index contributed by atoms with van der Waals surface area (Å²) in [5, 5.41) is 107. The van der Waals surface area contributed by atoms with E-state index in [-0.39, 0.29) is 158 Å². The number of aliphatic hydroxyl groups is 9. The third kappa shape index (κ3) is 51.6. The lowest BCUT2D eigenvalue weighted by atomic mass is 9.92. The van der Waals surface area contributed by atoms with Crippen LogP contribution in [0.25, 0.3) is 0 Å². The number of Topliss-reactive ketones (excluding diaryl/α,β-unsaturated/α-hetero) is 3. The molecule has 18 N–H and O–H groups in total. The molecule has 702 valence electrons. The molecule has 0 aromatic heterocycles. The van der Waals surface area contributed by atoms with Crippen molar-refractivity contribution >= 4 is 60.6 Å². The Morgan fingerprint density at radius 2 is 0.792 bits per heavy atom.